The maximum Gasteiger partial charge on any atom is 0.273 e. The van der Waals surface area contributed by atoms with Gasteiger partial charge in [-0.05, 0) is 43.9 Å². The van der Waals surface area contributed by atoms with Gasteiger partial charge in [-0.2, -0.15) is 5.10 Å². The molecule has 0 bridgehead atoms. The van der Waals surface area contributed by atoms with Gasteiger partial charge < -0.3 is 30.7 Å². The molecular weight excluding hydrogens is 616 g/mol. The van der Waals surface area contributed by atoms with E-state index in [9.17, 15) is 19.5 Å². The Morgan fingerprint density at radius 3 is 2.48 bits per heavy atom. The van der Waals surface area contributed by atoms with Crippen molar-refractivity contribution in [3.8, 4) is 17.0 Å². The van der Waals surface area contributed by atoms with E-state index >= 15 is 0 Å². The first kappa shape index (κ1) is 29.5. The van der Waals surface area contributed by atoms with Gasteiger partial charge in [-0.1, -0.05) is 6.07 Å². The maximum atomic E-state index is 13.7. The van der Waals surface area contributed by atoms with Crippen molar-refractivity contribution < 1.29 is 28.3 Å². The highest BCUT2D eigenvalue weighted by molar-refractivity contribution is 6.00. The molecule has 0 unspecified atom stereocenters. The summed E-state index contributed by atoms with van der Waals surface area (Å²) in [5, 5.41) is 29.5. The lowest BCUT2D eigenvalue weighted by molar-refractivity contribution is -0.117. The zero-order chi connectivity index (χ0) is 36.3. The summed E-state index contributed by atoms with van der Waals surface area (Å²) in [5.41, 5.74) is 1.65. The Bertz CT molecular complexity index is 1750. The molecule has 3 fully saturated rings. The van der Waals surface area contributed by atoms with Crippen LogP contribution in [0.3, 0.4) is 0 Å². The highest BCUT2D eigenvalue weighted by atomic mass is 16.5. The first-order valence-corrected chi connectivity index (χ1v) is 16.3. The number of hydrogen-bond acceptors (Lipinski definition) is 11. The number of piperazine rings is 1. The second-order valence-electron chi connectivity index (χ2n) is 12.4. The van der Waals surface area contributed by atoms with E-state index in [2.05, 4.69) is 35.7 Å². The summed E-state index contributed by atoms with van der Waals surface area (Å²) in [6.45, 7) is 3.21. The van der Waals surface area contributed by atoms with Crippen LogP contribution in [0.1, 0.15) is 50.8 Å². The number of aryl methyl sites for hydroxylation is 1. The molecule has 3 aliphatic rings. The summed E-state index contributed by atoms with van der Waals surface area (Å²) in [6, 6.07) is 8.80. The van der Waals surface area contributed by atoms with E-state index in [1.54, 1.807) is 36.0 Å². The van der Waals surface area contributed by atoms with Crippen molar-refractivity contribution in [3.05, 3.63) is 41.7 Å². The third-order valence-electron chi connectivity index (χ3n) is 9.28. The number of likely N-dealkylation sites (tertiary alicyclic amines) is 1. The Hall–Kier alpha value is -4.60. The highest BCUT2D eigenvalue weighted by Crippen LogP contribution is 2.38. The standard InChI is InChI=1S/C33H44N10O5/c1-34-32(46)29-26(20-28(37-38-29)36-31(45)21-7-8-21)35-24-6-4-5-23(30(24)48-3)25-19-27(40(2)39-25)33(47)43-11-9-22(10-12-43)42-15-13-41(14-16-42)17-18-44/h4-6,19-22,44H,7-18H2,1-3H3,(H,34,46)(H2,35,36,37,45)/i1D3. The molecule has 1 aromatic carbocycles. The number of aliphatic hydroxyl groups excluding tert-OH is 1. The van der Waals surface area contributed by atoms with Gasteiger partial charge in [0.15, 0.2) is 17.3 Å². The fourth-order valence-corrected chi connectivity index (χ4v) is 6.44. The number of aromatic nitrogens is 4. The van der Waals surface area contributed by atoms with Crippen molar-refractivity contribution in [3.63, 3.8) is 0 Å². The number of nitrogens with one attached hydrogen (secondary N) is 3. The lowest BCUT2D eigenvalue weighted by Gasteiger charge is -2.42. The molecule has 1 saturated carbocycles. The Balaban J connectivity index is 1.19. The Morgan fingerprint density at radius 2 is 1.79 bits per heavy atom. The highest BCUT2D eigenvalue weighted by Gasteiger charge is 2.32. The molecule has 0 atom stereocenters. The molecular formula is C33H44N10O5. The van der Waals surface area contributed by atoms with Gasteiger partial charge in [0.05, 0.1) is 30.8 Å². The van der Waals surface area contributed by atoms with Gasteiger partial charge in [0, 0.05) is 87.5 Å². The quantitative estimate of drug-likeness (QED) is 0.235. The van der Waals surface area contributed by atoms with E-state index in [4.69, 9.17) is 8.85 Å². The molecule has 3 amide bonds. The Morgan fingerprint density at radius 1 is 1.02 bits per heavy atom. The van der Waals surface area contributed by atoms with Gasteiger partial charge in [-0.15, -0.1) is 10.2 Å². The second kappa shape index (κ2) is 14.7. The number of hydrogen-bond donors (Lipinski definition) is 4. The predicted octanol–water partition coefficient (Wildman–Crippen LogP) is 1.55. The van der Waals surface area contributed by atoms with Crippen LogP contribution >= 0.6 is 0 Å². The minimum absolute atomic E-state index is 0.0839. The van der Waals surface area contributed by atoms with Crippen LogP contribution in [0.15, 0.2) is 30.3 Å². The number of para-hydroxylation sites is 1. The number of β-amino-alcohol motifs (C(OH)–C–C–N with tert-alkyl or cyclic N) is 1. The van der Waals surface area contributed by atoms with Crippen LogP contribution in [0.4, 0.5) is 17.2 Å². The molecule has 4 heterocycles. The van der Waals surface area contributed by atoms with E-state index in [1.807, 2.05) is 10.2 Å². The number of methoxy groups -OCH3 is 1. The molecule has 0 radical (unpaired) electrons. The van der Waals surface area contributed by atoms with Crippen molar-refractivity contribution in [2.75, 3.05) is 77.1 Å². The minimum Gasteiger partial charge on any atom is -0.494 e. The van der Waals surface area contributed by atoms with Crippen molar-refractivity contribution in [2.45, 2.75) is 31.7 Å². The van der Waals surface area contributed by atoms with Crippen LogP contribution in [0.2, 0.25) is 0 Å². The Kier molecular flexibility index (Phi) is 9.02. The van der Waals surface area contributed by atoms with E-state index < -0.39 is 12.9 Å². The molecule has 15 heteroatoms. The number of carbonyl (C=O) groups is 3. The molecule has 0 spiro atoms. The summed E-state index contributed by atoms with van der Waals surface area (Å²) in [4.78, 5) is 45.7. The van der Waals surface area contributed by atoms with Gasteiger partial charge in [-0.25, -0.2) is 0 Å². The first-order chi connectivity index (χ1) is 24.4. The van der Waals surface area contributed by atoms with E-state index in [1.165, 1.54) is 13.2 Å². The average Bonchev–Trinajstić information content (AvgIpc) is 3.89. The lowest BCUT2D eigenvalue weighted by atomic mass is 10.0. The maximum absolute atomic E-state index is 13.7. The number of benzene rings is 1. The van der Waals surface area contributed by atoms with E-state index in [0.29, 0.717) is 54.1 Å². The third-order valence-corrected chi connectivity index (χ3v) is 9.28. The van der Waals surface area contributed by atoms with Gasteiger partial charge in [0.25, 0.3) is 11.8 Å². The number of ether oxygens (including phenoxy) is 1. The monoisotopic (exact) mass is 663 g/mol. The molecule has 2 aliphatic heterocycles. The molecule has 3 aromatic rings. The number of piperidine rings is 1. The zero-order valence-corrected chi connectivity index (χ0v) is 27.2. The van der Waals surface area contributed by atoms with Crippen LogP contribution < -0.4 is 20.7 Å². The minimum atomic E-state index is -2.77. The number of anilines is 3. The fourth-order valence-electron chi connectivity index (χ4n) is 6.44. The van der Waals surface area contributed by atoms with Crippen LogP contribution in [-0.4, -0.2) is 130 Å². The van der Waals surface area contributed by atoms with Gasteiger partial charge in [0.2, 0.25) is 5.91 Å². The molecule has 2 saturated heterocycles. The molecule has 15 nitrogen and oxygen atoms in total. The summed E-state index contributed by atoms with van der Waals surface area (Å²) >= 11 is 0. The van der Waals surface area contributed by atoms with Crippen LogP contribution in [0, 0.1) is 5.92 Å². The zero-order valence-electron chi connectivity index (χ0n) is 30.2. The number of amides is 3. The van der Waals surface area contributed by atoms with Gasteiger partial charge in [0.1, 0.15) is 5.69 Å². The molecule has 6 rings (SSSR count). The summed E-state index contributed by atoms with van der Waals surface area (Å²) < 4.78 is 29.8. The largest absolute Gasteiger partial charge is 0.494 e. The predicted molar refractivity (Wildman–Crippen MR) is 179 cm³/mol. The summed E-state index contributed by atoms with van der Waals surface area (Å²) in [7, 11) is 3.20. The number of aliphatic hydroxyl groups is 1. The third kappa shape index (κ3) is 7.27. The smallest absolute Gasteiger partial charge is 0.273 e. The number of carbonyl (C=O) groups excluding carboxylic acids is 3. The van der Waals surface area contributed by atoms with Gasteiger partial charge in [-0.3, -0.25) is 28.9 Å². The number of nitrogens with zero attached hydrogens (tertiary/aromatic N) is 7. The van der Waals surface area contributed by atoms with Crippen molar-refractivity contribution >= 4 is 34.9 Å². The van der Waals surface area contributed by atoms with Crippen molar-refractivity contribution in [1.29, 1.82) is 0 Å². The van der Waals surface area contributed by atoms with Gasteiger partial charge >= 0.3 is 0 Å². The van der Waals surface area contributed by atoms with Crippen molar-refractivity contribution in [1.82, 2.24) is 40.0 Å². The normalized spacial score (nSPS) is 18.8. The van der Waals surface area contributed by atoms with E-state index in [-0.39, 0.29) is 41.5 Å². The molecule has 1 aliphatic carbocycles. The summed E-state index contributed by atoms with van der Waals surface area (Å²) in [5.74, 6) is -0.982. The average molecular weight is 664 g/mol. The molecule has 4 N–H and O–H groups in total. The molecule has 2 aromatic heterocycles. The molecule has 256 valence electrons. The SMILES string of the molecule is [2H]C([2H])([2H])NC(=O)c1nnc(NC(=O)C2CC2)cc1Nc1cccc(-c2cc(C(=O)N3CCC(N4CCN(CCO)CC4)CC3)n(C)n2)c1OC. The summed E-state index contributed by atoms with van der Waals surface area (Å²) in [6.07, 6.45) is 3.33. The Labute approximate surface area is 283 Å². The molecule has 48 heavy (non-hydrogen) atoms. The lowest BCUT2D eigenvalue weighted by Crippen LogP contribution is -2.54. The van der Waals surface area contributed by atoms with E-state index in [0.717, 1.165) is 51.9 Å². The number of rotatable bonds is 11. The van der Waals surface area contributed by atoms with Crippen LogP contribution in [0.25, 0.3) is 11.3 Å². The van der Waals surface area contributed by atoms with Crippen LogP contribution in [-0.2, 0) is 11.8 Å². The van der Waals surface area contributed by atoms with Crippen molar-refractivity contribution in [2.24, 2.45) is 13.0 Å². The fraction of sp³-hybridized carbons (Fsp3) is 0.515. The van der Waals surface area contributed by atoms with Crippen LogP contribution in [0.5, 0.6) is 5.75 Å². The second-order valence-corrected chi connectivity index (χ2v) is 12.4. The first-order valence-electron chi connectivity index (χ1n) is 17.8. The topological polar surface area (TPSA) is 170 Å².